The average Bonchev–Trinajstić information content (AvgIpc) is 2.63. The van der Waals surface area contributed by atoms with E-state index in [9.17, 15) is 0 Å². The van der Waals surface area contributed by atoms with E-state index in [1.165, 1.54) is 35.2 Å². The summed E-state index contributed by atoms with van der Waals surface area (Å²) >= 11 is 5.26. The van der Waals surface area contributed by atoms with Gasteiger partial charge in [-0.3, -0.25) is 0 Å². The fourth-order valence-corrected chi connectivity index (χ4v) is 2.89. The lowest BCUT2D eigenvalue weighted by molar-refractivity contribution is 0.604. The molecule has 1 N–H and O–H groups in total. The number of nitrogens with one attached hydrogen (secondary N) is 1. The molecule has 1 nitrogen and oxygen atoms in total. The SMILES string of the molecule is Brc1cc(CC2CCCN2)cs1. The normalized spacial score (nSPS) is 23.2. The van der Waals surface area contributed by atoms with Gasteiger partial charge in [0.1, 0.15) is 0 Å². The molecule has 0 aromatic carbocycles. The molecule has 3 heteroatoms. The van der Waals surface area contributed by atoms with E-state index in [2.05, 4.69) is 32.7 Å². The van der Waals surface area contributed by atoms with Crippen LogP contribution in [-0.2, 0) is 6.42 Å². The molecule has 66 valence electrons. The number of halogens is 1. The van der Waals surface area contributed by atoms with E-state index in [0.717, 1.165) is 6.04 Å². The molecule has 0 radical (unpaired) electrons. The van der Waals surface area contributed by atoms with E-state index in [4.69, 9.17) is 0 Å². The highest BCUT2D eigenvalue weighted by Crippen LogP contribution is 2.22. The van der Waals surface area contributed by atoms with E-state index in [-0.39, 0.29) is 0 Å². The monoisotopic (exact) mass is 245 g/mol. The van der Waals surface area contributed by atoms with Gasteiger partial charge in [0.15, 0.2) is 0 Å². The molecule has 1 unspecified atom stereocenters. The Kier molecular flexibility index (Phi) is 2.84. The summed E-state index contributed by atoms with van der Waals surface area (Å²) in [6.45, 7) is 1.20. The lowest BCUT2D eigenvalue weighted by Crippen LogP contribution is -2.23. The van der Waals surface area contributed by atoms with Crippen LogP contribution in [0.5, 0.6) is 0 Å². The highest BCUT2D eigenvalue weighted by molar-refractivity contribution is 9.11. The van der Waals surface area contributed by atoms with E-state index in [1.54, 1.807) is 11.3 Å². The standard InChI is InChI=1S/C9H12BrNS/c10-9-5-7(6-12-9)4-8-2-1-3-11-8/h5-6,8,11H,1-4H2. The van der Waals surface area contributed by atoms with Gasteiger partial charge in [-0.25, -0.2) is 0 Å². The third kappa shape index (κ3) is 2.09. The van der Waals surface area contributed by atoms with Crippen molar-refractivity contribution in [2.45, 2.75) is 25.3 Å². The summed E-state index contributed by atoms with van der Waals surface area (Å²) in [7, 11) is 0. The quantitative estimate of drug-likeness (QED) is 0.846. The molecule has 1 aromatic heterocycles. The summed E-state index contributed by atoms with van der Waals surface area (Å²) in [6, 6.07) is 2.96. The summed E-state index contributed by atoms with van der Waals surface area (Å²) in [5.41, 5.74) is 1.46. The Morgan fingerprint density at radius 1 is 1.67 bits per heavy atom. The van der Waals surface area contributed by atoms with E-state index < -0.39 is 0 Å². The zero-order valence-electron chi connectivity index (χ0n) is 6.85. The molecular formula is C9H12BrNS. The van der Waals surface area contributed by atoms with E-state index in [1.807, 2.05) is 0 Å². The summed E-state index contributed by atoms with van der Waals surface area (Å²) in [5.74, 6) is 0. The lowest BCUT2D eigenvalue weighted by atomic mass is 10.1. The topological polar surface area (TPSA) is 12.0 Å². The smallest absolute Gasteiger partial charge is 0.0701 e. The first kappa shape index (κ1) is 8.73. The number of hydrogen-bond donors (Lipinski definition) is 1. The molecule has 1 aliphatic rings. The van der Waals surface area contributed by atoms with Crippen LogP contribution in [0.1, 0.15) is 18.4 Å². The first-order valence-corrected chi connectivity index (χ1v) is 5.98. The second kappa shape index (κ2) is 3.90. The number of thiophene rings is 1. The highest BCUT2D eigenvalue weighted by Gasteiger charge is 2.14. The van der Waals surface area contributed by atoms with Crippen molar-refractivity contribution in [2.24, 2.45) is 0 Å². The van der Waals surface area contributed by atoms with Gasteiger partial charge in [-0.05, 0) is 58.7 Å². The van der Waals surface area contributed by atoms with Crippen LogP contribution >= 0.6 is 27.3 Å². The predicted molar refractivity (Wildman–Crippen MR) is 56.7 cm³/mol. The summed E-state index contributed by atoms with van der Waals surface area (Å²) in [6.07, 6.45) is 3.88. The summed E-state index contributed by atoms with van der Waals surface area (Å²) in [4.78, 5) is 0. The third-order valence-electron chi connectivity index (χ3n) is 2.27. The van der Waals surface area contributed by atoms with E-state index in [0.29, 0.717) is 0 Å². The van der Waals surface area contributed by atoms with Crippen molar-refractivity contribution < 1.29 is 0 Å². The first-order chi connectivity index (χ1) is 5.84. The summed E-state index contributed by atoms with van der Waals surface area (Å²) in [5, 5.41) is 5.74. The molecule has 12 heavy (non-hydrogen) atoms. The molecule has 1 aliphatic heterocycles. The number of hydrogen-bond acceptors (Lipinski definition) is 2. The Balaban J connectivity index is 1.94. The van der Waals surface area contributed by atoms with Crippen LogP contribution < -0.4 is 5.32 Å². The molecule has 2 heterocycles. The van der Waals surface area contributed by atoms with Gasteiger partial charge in [0.05, 0.1) is 3.79 Å². The molecule has 2 rings (SSSR count). The minimum atomic E-state index is 0.728. The van der Waals surface area contributed by atoms with Gasteiger partial charge < -0.3 is 5.32 Å². The average molecular weight is 246 g/mol. The van der Waals surface area contributed by atoms with Crippen molar-refractivity contribution >= 4 is 27.3 Å². The van der Waals surface area contributed by atoms with Gasteiger partial charge in [0, 0.05) is 6.04 Å². The largest absolute Gasteiger partial charge is 0.314 e. The molecular weight excluding hydrogens is 234 g/mol. The van der Waals surface area contributed by atoms with Gasteiger partial charge in [-0.2, -0.15) is 0 Å². The van der Waals surface area contributed by atoms with Gasteiger partial charge in [0.25, 0.3) is 0 Å². The maximum atomic E-state index is 3.50. The molecule has 0 spiro atoms. The van der Waals surface area contributed by atoms with Gasteiger partial charge in [-0.15, -0.1) is 11.3 Å². The lowest BCUT2D eigenvalue weighted by Gasteiger charge is -2.07. The van der Waals surface area contributed by atoms with Crippen LogP contribution in [0.2, 0.25) is 0 Å². The molecule has 1 atom stereocenters. The van der Waals surface area contributed by atoms with E-state index >= 15 is 0 Å². The Bertz CT molecular complexity index is 253. The molecule has 0 bridgehead atoms. The molecule has 1 fully saturated rings. The Morgan fingerprint density at radius 3 is 3.17 bits per heavy atom. The zero-order chi connectivity index (χ0) is 8.39. The summed E-state index contributed by atoms with van der Waals surface area (Å²) < 4.78 is 1.25. The maximum Gasteiger partial charge on any atom is 0.0701 e. The van der Waals surface area contributed by atoms with Crippen molar-refractivity contribution in [2.75, 3.05) is 6.54 Å². The van der Waals surface area contributed by atoms with Crippen molar-refractivity contribution in [1.29, 1.82) is 0 Å². The fourth-order valence-electron chi connectivity index (χ4n) is 1.67. The molecule has 0 aliphatic carbocycles. The minimum Gasteiger partial charge on any atom is -0.314 e. The number of rotatable bonds is 2. The molecule has 0 saturated carbocycles. The second-order valence-corrected chi connectivity index (χ2v) is 5.55. The van der Waals surface area contributed by atoms with Gasteiger partial charge in [-0.1, -0.05) is 0 Å². The van der Waals surface area contributed by atoms with Crippen LogP contribution in [0.3, 0.4) is 0 Å². The molecule has 1 saturated heterocycles. The Morgan fingerprint density at radius 2 is 2.58 bits per heavy atom. The Hall–Kier alpha value is 0.140. The van der Waals surface area contributed by atoms with Crippen LogP contribution in [-0.4, -0.2) is 12.6 Å². The highest BCUT2D eigenvalue weighted by atomic mass is 79.9. The van der Waals surface area contributed by atoms with Crippen molar-refractivity contribution in [3.63, 3.8) is 0 Å². The van der Waals surface area contributed by atoms with Crippen LogP contribution in [0.15, 0.2) is 15.2 Å². The van der Waals surface area contributed by atoms with Gasteiger partial charge in [0.2, 0.25) is 0 Å². The van der Waals surface area contributed by atoms with Gasteiger partial charge >= 0.3 is 0 Å². The predicted octanol–water partition coefficient (Wildman–Crippen LogP) is 2.81. The van der Waals surface area contributed by atoms with Crippen LogP contribution in [0.25, 0.3) is 0 Å². The third-order valence-corrected chi connectivity index (χ3v) is 3.82. The fraction of sp³-hybridized carbons (Fsp3) is 0.556. The van der Waals surface area contributed by atoms with Crippen LogP contribution in [0, 0.1) is 0 Å². The second-order valence-electron chi connectivity index (χ2n) is 3.26. The van der Waals surface area contributed by atoms with Crippen molar-refractivity contribution in [3.05, 3.63) is 20.8 Å². The van der Waals surface area contributed by atoms with Crippen molar-refractivity contribution in [1.82, 2.24) is 5.32 Å². The first-order valence-electron chi connectivity index (χ1n) is 4.31. The molecule has 1 aromatic rings. The molecule has 0 amide bonds. The maximum absolute atomic E-state index is 3.50. The van der Waals surface area contributed by atoms with Crippen molar-refractivity contribution in [3.8, 4) is 0 Å². The zero-order valence-corrected chi connectivity index (χ0v) is 9.25. The Labute approximate surface area is 85.3 Å². The minimum absolute atomic E-state index is 0.728. The van der Waals surface area contributed by atoms with Crippen LogP contribution in [0.4, 0.5) is 0 Å².